The summed E-state index contributed by atoms with van der Waals surface area (Å²) in [7, 11) is -3.29. The molecule has 0 aromatic heterocycles. The van der Waals surface area contributed by atoms with Crippen molar-refractivity contribution in [3.63, 3.8) is 0 Å². The van der Waals surface area contributed by atoms with Crippen molar-refractivity contribution in [3.05, 3.63) is 73.7 Å². The molecule has 2 aromatic rings. The number of amides is 2. The van der Waals surface area contributed by atoms with E-state index in [1.165, 1.54) is 6.92 Å². The number of hydrogen-bond acceptors (Lipinski definition) is 4. The Balaban J connectivity index is 2.28. The zero-order valence-electron chi connectivity index (χ0n) is 21.3. The average Bonchev–Trinajstić information content (AvgIpc) is 2.80. The lowest BCUT2D eigenvalue weighted by atomic mass is 9.96. The van der Waals surface area contributed by atoms with E-state index in [1.54, 1.807) is 0 Å². The summed E-state index contributed by atoms with van der Waals surface area (Å²) < 4.78 is 105. The molecule has 0 saturated heterocycles. The van der Waals surface area contributed by atoms with Crippen molar-refractivity contribution < 1.29 is 44.3 Å². The van der Waals surface area contributed by atoms with Gasteiger partial charge in [0.2, 0.25) is 5.91 Å². The standard InChI is InChI=1S/C25H23Cl3F6N2O4S/c1-13(35-21(37)4-3-9-41(2,39)40)36-23(38)16-7-5-14(10-18(16)25(32,33)34)6-8-17(24(29,30)31)15-11-19(26)22(28)20(27)12-15/h5-8,10-13,17H,3-4,9H2,1-2H3,(H,35,37)(H,36,38)/b8-6+/t13-,17?/m1/s1. The van der Waals surface area contributed by atoms with Gasteiger partial charge < -0.3 is 10.6 Å². The Morgan fingerprint density at radius 1 is 0.976 bits per heavy atom. The van der Waals surface area contributed by atoms with E-state index in [-0.39, 0.29) is 39.2 Å². The highest BCUT2D eigenvalue weighted by molar-refractivity contribution is 7.90. The number of benzene rings is 2. The van der Waals surface area contributed by atoms with E-state index in [9.17, 15) is 44.3 Å². The lowest BCUT2D eigenvalue weighted by Gasteiger charge is -2.19. The fourth-order valence-corrected chi connectivity index (χ4v) is 4.87. The Morgan fingerprint density at radius 3 is 2.07 bits per heavy atom. The van der Waals surface area contributed by atoms with Crippen LogP contribution in [0, 0.1) is 0 Å². The van der Waals surface area contributed by atoms with E-state index >= 15 is 0 Å². The Hall–Kier alpha value is -2.48. The molecule has 2 rings (SSSR count). The molecule has 41 heavy (non-hydrogen) atoms. The Kier molecular flexibility index (Phi) is 11.6. The molecule has 6 nitrogen and oxygen atoms in total. The van der Waals surface area contributed by atoms with Crippen LogP contribution >= 0.6 is 34.8 Å². The number of carbonyl (C=O) groups is 2. The van der Waals surface area contributed by atoms with Gasteiger partial charge in [0.15, 0.2) is 0 Å². The molecule has 0 aliphatic carbocycles. The third-order valence-corrected chi connectivity index (χ3v) is 7.66. The first-order valence-corrected chi connectivity index (χ1v) is 14.8. The van der Waals surface area contributed by atoms with Gasteiger partial charge in [0.1, 0.15) is 9.84 Å². The van der Waals surface area contributed by atoms with Crippen LogP contribution in [0.15, 0.2) is 36.4 Å². The highest BCUT2D eigenvalue weighted by Crippen LogP contribution is 2.41. The zero-order chi connectivity index (χ0) is 31.3. The fourth-order valence-electron chi connectivity index (χ4n) is 3.59. The first kappa shape index (κ1) is 34.7. The van der Waals surface area contributed by atoms with Gasteiger partial charge in [-0.2, -0.15) is 26.3 Å². The van der Waals surface area contributed by atoms with Crippen molar-refractivity contribution in [3.8, 4) is 0 Å². The van der Waals surface area contributed by atoms with Gasteiger partial charge in [-0.25, -0.2) is 8.42 Å². The summed E-state index contributed by atoms with van der Waals surface area (Å²) >= 11 is 17.5. The minimum Gasteiger partial charge on any atom is -0.336 e. The molecular formula is C25H23Cl3F6N2O4S. The Morgan fingerprint density at radius 2 is 1.56 bits per heavy atom. The summed E-state index contributed by atoms with van der Waals surface area (Å²) in [4.78, 5) is 24.5. The van der Waals surface area contributed by atoms with Crippen LogP contribution in [0.25, 0.3) is 6.08 Å². The van der Waals surface area contributed by atoms with Crippen LogP contribution in [0.2, 0.25) is 15.1 Å². The SMILES string of the molecule is C[C@H](NC(=O)CCCS(C)(=O)=O)NC(=O)c1ccc(/C=C/C(c2cc(Cl)c(Cl)c(Cl)c2)C(F)(F)F)cc1C(F)(F)F. The molecule has 0 spiro atoms. The lowest BCUT2D eigenvalue weighted by Crippen LogP contribution is -2.46. The summed E-state index contributed by atoms with van der Waals surface area (Å²) in [6.07, 6.45) is -8.82. The predicted octanol–water partition coefficient (Wildman–Crippen LogP) is 7.04. The summed E-state index contributed by atoms with van der Waals surface area (Å²) in [5, 5.41) is 3.85. The largest absolute Gasteiger partial charge is 0.417 e. The average molecular weight is 668 g/mol. The molecule has 0 heterocycles. The minimum atomic E-state index is -5.06. The van der Waals surface area contributed by atoms with Crippen molar-refractivity contribution in [1.29, 1.82) is 0 Å². The minimum absolute atomic E-state index is 0.00578. The van der Waals surface area contributed by atoms with Gasteiger partial charge in [-0.1, -0.05) is 53.0 Å². The molecule has 2 amide bonds. The van der Waals surface area contributed by atoms with Crippen molar-refractivity contribution in [2.75, 3.05) is 12.0 Å². The monoisotopic (exact) mass is 666 g/mol. The van der Waals surface area contributed by atoms with E-state index in [0.717, 1.165) is 36.6 Å². The van der Waals surface area contributed by atoms with E-state index < -0.39 is 62.8 Å². The first-order valence-electron chi connectivity index (χ1n) is 11.6. The molecule has 226 valence electrons. The second-order valence-corrected chi connectivity index (χ2v) is 12.4. The lowest BCUT2D eigenvalue weighted by molar-refractivity contribution is -0.139. The van der Waals surface area contributed by atoms with Gasteiger partial charge in [-0.15, -0.1) is 0 Å². The summed E-state index contributed by atoms with van der Waals surface area (Å²) in [6.45, 7) is 1.28. The molecule has 0 bridgehead atoms. The Labute approximate surface area is 246 Å². The number of carbonyl (C=O) groups excluding carboxylic acids is 2. The molecule has 0 fully saturated rings. The van der Waals surface area contributed by atoms with Gasteiger partial charge >= 0.3 is 12.4 Å². The van der Waals surface area contributed by atoms with Gasteiger partial charge in [-0.05, 0) is 48.7 Å². The van der Waals surface area contributed by atoms with Crippen LogP contribution in [0.3, 0.4) is 0 Å². The number of halogens is 9. The highest BCUT2D eigenvalue weighted by Gasteiger charge is 2.40. The first-order chi connectivity index (χ1) is 18.7. The van der Waals surface area contributed by atoms with E-state index in [4.69, 9.17) is 34.8 Å². The highest BCUT2D eigenvalue weighted by atomic mass is 35.5. The molecule has 2 N–H and O–H groups in total. The summed E-state index contributed by atoms with van der Waals surface area (Å²) in [5.74, 6) is -4.40. The van der Waals surface area contributed by atoms with Gasteiger partial charge in [-0.3, -0.25) is 9.59 Å². The van der Waals surface area contributed by atoms with E-state index in [2.05, 4.69) is 10.6 Å². The molecule has 2 atom stereocenters. The predicted molar refractivity (Wildman–Crippen MR) is 145 cm³/mol. The fraction of sp³-hybridized carbons (Fsp3) is 0.360. The van der Waals surface area contributed by atoms with Crippen molar-refractivity contribution >= 4 is 62.5 Å². The van der Waals surface area contributed by atoms with Crippen molar-refractivity contribution in [2.24, 2.45) is 0 Å². The Bertz CT molecular complexity index is 1410. The third kappa shape index (κ3) is 10.7. The molecule has 0 aliphatic heterocycles. The number of nitrogens with one attached hydrogen (secondary N) is 2. The molecule has 0 saturated carbocycles. The third-order valence-electron chi connectivity index (χ3n) is 5.44. The van der Waals surface area contributed by atoms with Gasteiger partial charge in [0, 0.05) is 12.7 Å². The van der Waals surface area contributed by atoms with Gasteiger partial charge in [0.05, 0.1) is 44.0 Å². The summed E-state index contributed by atoms with van der Waals surface area (Å²) in [6, 6.07) is 4.20. The number of hydrogen-bond donors (Lipinski definition) is 2. The topological polar surface area (TPSA) is 92.3 Å². The normalized spacial score (nSPS) is 14.1. The maximum Gasteiger partial charge on any atom is 0.417 e. The van der Waals surface area contributed by atoms with Crippen LogP contribution in [0.4, 0.5) is 26.3 Å². The second kappa shape index (κ2) is 13.7. The number of alkyl halides is 6. The maximum absolute atomic E-state index is 13.8. The maximum atomic E-state index is 13.8. The van der Waals surface area contributed by atoms with E-state index in [1.807, 2.05) is 0 Å². The van der Waals surface area contributed by atoms with Crippen LogP contribution in [0.5, 0.6) is 0 Å². The molecule has 0 aliphatic rings. The molecule has 1 unspecified atom stereocenters. The van der Waals surface area contributed by atoms with Gasteiger partial charge in [0.25, 0.3) is 5.91 Å². The molecule has 16 heteroatoms. The van der Waals surface area contributed by atoms with Crippen LogP contribution in [0.1, 0.15) is 52.7 Å². The smallest absolute Gasteiger partial charge is 0.336 e. The van der Waals surface area contributed by atoms with Crippen LogP contribution < -0.4 is 10.6 Å². The molecular weight excluding hydrogens is 645 g/mol. The number of allylic oxidation sites excluding steroid dienone is 1. The molecule has 0 radical (unpaired) electrons. The number of sulfone groups is 1. The van der Waals surface area contributed by atoms with Crippen LogP contribution in [-0.4, -0.2) is 44.6 Å². The summed E-state index contributed by atoms with van der Waals surface area (Å²) in [5.41, 5.74) is -2.95. The van der Waals surface area contributed by atoms with E-state index in [0.29, 0.717) is 12.1 Å². The quantitative estimate of drug-likeness (QED) is 0.162. The molecule has 2 aromatic carbocycles. The zero-order valence-corrected chi connectivity index (χ0v) is 24.3. The number of rotatable bonds is 10. The van der Waals surface area contributed by atoms with Crippen molar-refractivity contribution in [2.45, 2.75) is 44.2 Å². The van der Waals surface area contributed by atoms with Crippen molar-refractivity contribution in [1.82, 2.24) is 10.6 Å². The second-order valence-electron chi connectivity index (χ2n) is 8.98. The van der Waals surface area contributed by atoms with Crippen LogP contribution in [-0.2, 0) is 20.8 Å².